The first-order chi connectivity index (χ1) is 5.11. The maximum atomic E-state index is 11.1. The lowest BCUT2D eigenvalue weighted by molar-refractivity contribution is -0.124. The Morgan fingerprint density at radius 3 is 2.64 bits per heavy atom. The van der Waals surface area contributed by atoms with Crippen LogP contribution < -0.4 is 0 Å². The number of rotatable bonds is 1. The van der Waals surface area contributed by atoms with Crippen molar-refractivity contribution < 1.29 is 9.59 Å². The number of amides is 1. The van der Waals surface area contributed by atoms with E-state index in [2.05, 4.69) is 0 Å². The first-order valence-corrected chi connectivity index (χ1v) is 3.58. The number of likely N-dealkylation sites (N-methyl/N-ethyl adjacent to an activating group) is 1. The lowest BCUT2D eigenvalue weighted by Gasteiger charge is -2.03. The van der Waals surface area contributed by atoms with E-state index in [4.69, 9.17) is 0 Å². The third kappa shape index (κ3) is 1.67. The van der Waals surface area contributed by atoms with Gasteiger partial charge in [-0.15, -0.1) is 0 Å². The molecule has 0 aromatic carbocycles. The maximum Gasteiger partial charge on any atom is 0.249 e. The topological polar surface area (TPSA) is 37.4 Å². The maximum absolute atomic E-state index is 11.1. The van der Waals surface area contributed by atoms with Gasteiger partial charge in [0.25, 0.3) is 0 Å². The van der Waals surface area contributed by atoms with Gasteiger partial charge in [-0.25, -0.2) is 0 Å². The second-order valence-electron chi connectivity index (χ2n) is 2.76. The van der Waals surface area contributed by atoms with Crippen molar-refractivity contribution in [3.05, 3.63) is 11.6 Å². The molecule has 0 N–H and O–H groups in total. The molecule has 3 heteroatoms. The molecule has 3 nitrogen and oxygen atoms in total. The molecule has 0 unspecified atom stereocenters. The predicted molar refractivity (Wildman–Crippen MR) is 41.0 cm³/mol. The summed E-state index contributed by atoms with van der Waals surface area (Å²) in [6.45, 7) is 2.19. The van der Waals surface area contributed by atoms with Crippen molar-refractivity contribution in [3.8, 4) is 0 Å². The standard InChI is InChI=1S/C8H11NO2/c1-6(10)5-7-3-4-9(2)8(7)11/h5H,3-4H2,1-2H3/b7-5-. The lowest BCUT2D eigenvalue weighted by Crippen LogP contribution is -2.19. The summed E-state index contributed by atoms with van der Waals surface area (Å²) in [5.74, 6) is -0.0659. The van der Waals surface area contributed by atoms with Crippen LogP contribution in [0.1, 0.15) is 13.3 Å². The zero-order valence-corrected chi connectivity index (χ0v) is 6.76. The normalized spacial score (nSPS) is 21.5. The van der Waals surface area contributed by atoms with Crippen molar-refractivity contribution in [2.45, 2.75) is 13.3 Å². The number of hydrogen-bond donors (Lipinski definition) is 0. The molecular formula is C8H11NO2. The third-order valence-electron chi connectivity index (χ3n) is 1.72. The molecule has 0 spiro atoms. The van der Waals surface area contributed by atoms with E-state index in [-0.39, 0.29) is 11.7 Å². The van der Waals surface area contributed by atoms with Crippen LogP contribution in [0.3, 0.4) is 0 Å². The van der Waals surface area contributed by atoms with Crippen molar-refractivity contribution in [2.24, 2.45) is 0 Å². The van der Waals surface area contributed by atoms with Gasteiger partial charge < -0.3 is 4.90 Å². The van der Waals surface area contributed by atoms with Crippen LogP contribution >= 0.6 is 0 Å². The van der Waals surface area contributed by atoms with Gasteiger partial charge in [0.05, 0.1) is 0 Å². The van der Waals surface area contributed by atoms with E-state index < -0.39 is 0 Å². The zero-order valence-electron chi connectivity index (χ0n) is 6.76. The van der Waals surface area contributed by atoms with Crippen molar-refractivity contribution in [1.82, 2.24) is 4.90 Å². The van der Waals surface area contributed by atoms with Gasteiger partial charge in [0.2, 0.25) is 5.91 Å². The van der Waals surface area contributed by atoms with Gasteiger partial charge in [0.15, 0.2) is 5.78 Å². The largest absolute Gasteiger partial charge is 0.342 e. The first-order valence-electron chi connectivity index (χ1n) is 3.58. The number of allylic oxidation sites excluding steroid dienone is 1. The Kier molecular flexibility index (Phi) is 2.08. The quantitative estimate of drug-likeness (QED) is 0.510. The summed E-state index contributed by atoms with van der Waals surface area (Å²) in [5, 5.41) is 0. The molecule has 1 rings (SSSR count). The number of likely N-dealkylation sites (tertiary alicyclic amines) is 1. The molecule has 0 saturated carbocycles. The summed E-state index contributed by atoms with van der Waals surface area (Å²) in [6, 6.07) is 0. The minimum atomic E-state index is -0.0522. The van der Waals surface area contributed by atoms with Gasteiger partial charge in [0, 0.05) is 19.2 Å². The SMILES string of the molecule is CC(=O)/C=C1/CCN(C)C1=O. The predicted octanol–water partition coefficient (Wildman–Crippen LogP) is 0.364. The average molecular weight is 153 g/mol. The summed E-state index contributed by atoms with van der Waals surface area (Å²) in [7, 11) is 1.74. The average Bonchev–Trinajstić information content (AvgIpc) is 2.18. The number of carbonyl (C=O) groups excluding carboxylic acids is 2. The molecule has 11 heavy (non-hydrogen) atoms. The molecule has 0 bridgehead atoms. The van der Waals surface area contributed by atoms with Gasteiger partial charge in [-0.3, -0.25) is 9.59 Å². The fraction of sp³-hybridized carbons (Fsp3) is 0.500. The van der Waals surface area contributed by atoms with Gasteiger partial charge >= 0.3 is 0 Å². The Balaban J connectivity index is 2.77. The molecule has 1 fully saturated rings. The smallest absolute Gasteiger partial charge is 0.249 e. The summed E-state index contributed by atoms with van der Waals surface area (Å²) >= 11 is 0. The molecular weight excluding hydrogens is 142 g/mol. The van der Waals surface area contributed by atoms with E-state index in [1.54, 1.807) is 11.9 Å². The van der Waals surface area contributed by atoms with E-state index in [0.29, 0.717) is 12.0 Å². The molecule has 0 radical (unpaired) electrons. The highest BCUT2D eigenvalue weighted by atomic mass is 16.2. The van der Waals surface area contributed by atoms with Crippen LogP contribution in [0.5, 0.6) is 0 Å². The summed E-state index contributed by atoms with van der Waals surface area (Å²) < 4.78 is 0. The van der Waals surface area contributed by atoms with Crippen molar-refractivity contribution in [2.75, 3.05) is 13.6 Å². The molecule has 60 valence electrons. The van der Waals surface area contributed by atoms with Crippen LogP contribution in [0, 0.1) is 0 Å². The Labute approximate surface area is 65.7 Å². The van der Waals surface area contributed by atoms with Gasteiger partial charge in [-0.2, -0.15) is 0 Å². The van der Waals surface area contributed by atoms with Crippen molar-refractivity contribution in [3.63, 3.8) is 0 Å². The minimum Gasteiger partial charge on any atom is -0.342 e. The van der Waals surface area contributed by atoms with Crippen molar-refractivity contribution in [1.29, 1.82) is 0 Å². The number of hydrogen-bond acceptors (Lipinski definition) is 2. The summed E-state index contributed by atoms with van der Waals surface area (Å²) in [5.41, 5.74) is 0.639. The summed E-state index contributed by atoms with van der Waals surface area (Å²) in [4.78, 5) is 23.4. The highest BCUT2D eigenvalue weighted by Gasteiger charge is 2.22. The van der Waals surface area contributed by atoms with Crippen LogP contribution in [-0.4, -0.2) is 30.2 Å². The molecule has 1 aliphatic rings. The molecule has 0 aromatic rings. The van der Waals surface area contributed by atoms with Crippen LogP contribution in [-0.2, 0) is 9.59 Å². The van der Waals surface area contributed by atoms with E-state index in [1.165, 1.54) is 13.0 Å². The van der Waals surface area contributed by atoms with E-state index in [1.807, 2.05) is 0 Å². The molecule has 0 aromatic heterocycles. The third-order valence-corrected chi connectivity index (χ3v) is 1.72. The Morgan fingerprint density at radius 1 is 1.64 bits per heavy atom. The number of ketones is 1. The molecule has 1 heterocycles. The monoisotopic (exact) mass is 153 g/mol. The van der Waals surface area contributed by atoms with Crippen molar-refractivity contribution >= 4 is 11.7 Å². The fourth-order valence-electron chi connectivity index (χ4n) is 1.12. The minimum absolute atomic E-state index is 0.0137. The van der Waals surface area contributed by atoms with Gasteiger partial charge in [0.1, 0.15) is 0 Å². The summed E-state index contributed by atoms with van der Waals surface area (Å²) in [6.07, 6.45) is 2.13. The van der Waals surface area contributed by atoms with E-state index in [9.17, 15) is 9.59 Å². The van der Waals surface area contributed by atoms with Gasteiger partial charge in [-0.05, 0) is 19.4 Å². The van der Waals surface area contributed by atoms with Crippen LogP contribution in [0.2, 0.25) is 0 Å². The van der Waals surface area contributed by atoms with Crippen LogP contribution in [0.25, 0.3) is 0 Å². The second-order valence-corrected chi connectivity index (χ2v) is 2.76. The molecule has 1 amide bonds. The fourth-order valence-corrected chi connectivity index (χ4v) is 1.12. The first kappa shape index (κ1) is 7.98. The highest BCUT2D eigenvalue weighted by Crippen LogP contribution is 2.14. The molecule has 1 saturated heterocycles. The highest BCUT2D eigenvalue weighted by molar-refractivity contribution is 6.02. The second kappa shape index (κ2) is 2.86. The Morgan fingerprint density at radius 2 is 2.27 bits per heavy atom. The zero-order chi connectivity index (χ0) is 8.43. The molecule has 0 aliphatic carbocycles. The molecule has 0 atom stereocenters. The van der Waals surface area contributed by atoms with E-state index >= 15 is 0 Å². The Bertz CT molecular complexity index is 230. The van der Waals surface area contributed by atoms with Gasteiger partial charge in [-0.1, -0.05) is 0 Å². The Hall–Kier alpha value is -1.12. The van der Waals surface area contributed by atoms with E-state index in [0.717, 1.165) is 6.54 Å². The number of carbonyl (C=O) groups is 2. The number of nitrogens with zero attached hydrogens (tertiary/aromatic N) is 1. The molecule has 1 aliphatic heterocycles. The lowest BCUT2D eigenvalue weighted by atomic mass is 10.2. The van der Waals surface area contributed by atoms with Crippen LogP contribution in [0.15, 0.2) is 11.6 Å². The van der Waals surface area contributed by atoms with Crippen LogP contribution in [0.4, 0.5) is 0 Å².